The Morgan fingerprint density at radius 3 is 2.41 bits per heavy atom. The van der Waals surface area contributed by atoms with Crippen LogP contribution in [0.25, 0.3) is 0 Å². The molecule has 1 aromatic rings. The van der Waals surface area contributed by atoms with Crippen molar-refractivity contribution in [2.75, 3.05) is 13.7 Å². The topological polar surface area (TPSA) is 29.5 Å². The van der Waals surface area contributed by atoms with Crippen LogP contribution in [0, 0.1) is 0 Å². The zero-order valence-electron chi connectivity index (χ0n) is 12.5. The first-order valence-corrected chi connectivity index (χ1v) is 7.36. The number of benzene rings is 1. The molecular formula is C16H20F3NO2. The molecule has 122 valence electrons. The van der Waals surface area contributed by atoms with Gasteiger partial charge in [0.25, 0.3) is 0 Å². The fourth-order valence-electron chi connectivity index (χ4n) is 2.31. The molecular weight excluding hydrogens is 295 g/mol. The molecule has 1 amide bonds. The molecule has 1 aliphatic carbocycles. The molecule has 1 aromatic carbocycles. The molecule has 3 nitrogen and oxygen atoms in total. The number of amides is 1. The fraction of sp³-hybridized carbons (Fsp3) is 0.562. The maximum Gasteiger partial charge on any atom is 0.416 e. The van der Waals surface area contributed by atoms with Gasteiger partial charge in [-0.3, -0.25) is 4.79 Å². The molecule has 0 radical (unpaired) electrons. The second kappa shape index (κ2) is 7.13. The van der Waals surface area contributed by atoms with Crippen molar-refractivity contribution in [3.05, 3.63) is 35.4 Å². The summed E-state index contributed by atoms with van der Waals surface area (Å²) in [5, 5.41) is 0. The Morgan fingerprint density at radius 2 is 1.91 bits per heavy atom. The zero-order chi connectivity index (χ0) is 16.2. The first kappa shape index (κ1) is 16.8. The summed E-state index contributed by atoms with van der Waals surface area (Å²) in [6.45, 7) is 0.902. The summed E-state index contributed by atoms with van der Waals surface area (Å²) in [4.78, 5) is 14.0. The molecule has 1 fully saturated rings. The van der Waals surface area contributed by atoms with Crippen LogP contribution in [0.2, 0.25) is 0 Å². The highest BCUT2D eigenvalue weighted by atomic mass is 19.4. The summed E-state index contributed by atoms with van der Waals surface area (Å²) in [6.07, 6.45) is -1.32. The molecule has 0 spiro atoms. The Bertz CT molecular complexity index is 495. The number of methoxy groups -OCH3 is 1. The molecule has 22 heavy (non-hydrogen) atoms. The first-order valence-electron chi connectivity index (χ1n) is 7.36. The second-order valence-corrected chi connectivity index (χ2v) is 5.54. The van der Waals surface area contributed by atoms with Gasteiger partial charge < -0.3 is 9.64 Å². The molecule has 2 rings (SSSR count). The lowest BCUT2D eigenvalue weighted by molar-refractivity contribution is -0.137. The number of ether oxygens (including phenoxy) is 1. The first-order chi connectivity index (χ1) is 10.4. The van der Waals surface area contributed by atoms with Crippen LogP contribution < -0.4 is 0 Å². The van der Waals surface area contributed by atoms with E-state index in [0.717, 1.165) is 30.5 Å². The van der Waals surface area contributed by atoms with Crippen molar-refractivity contribution in [3.63, 3.8) is 0 Å². The minimum Gasteiger partial charge on any atom is -0.385 e. The van der Waals surface area contributed by atoms with Crippen molar-refractivity contribution in [3.8, 4) is 0 Å². The summed E-state index contributed by atoms with van der Waals surface area (Å²) < 4.78 is 42.6. The van der Waals surface area contributed by atoms with Crippen LogP contribution in [0.5, 0.6) is 0 Å². The SMILES string of the molecule is COCCCC(=O)N(Cc1ccc(C(F)(F)F)cc1)C1CC1. The quantitative estimate of drug-likeness (QED) is 0.719. The van der Waals surface area contributed by atoms with Gasteiger partial charge in [-0.2, -0.15) is 13.2 Å². The largest absolute Gasteiger partial charge is 0.416 e. The molecule has 0 aliphatic heterocycles. The molecule has 1 saturated carbocycles. The lowest BCUT2D eigenvalue weighted by Gasteiger charge is -2.23. The van der Waals surface area contributed by atoms with E-state index < -0.39 is 11.7 Å². The van der Waals surface area contributed by atoms with Crippen LogP contribution in [0.15, 0.2) is 24.3 Å². The van der Waals surface area contributed by atoms with Crippen LogP contribution in [-0.2, 0) is 22.3 Å². The number of carbonyl (C=O) groups excluding carboxylic acids is 1. The predicted octanol–water partition coefficient (Wildman–Crippen LogP) is 3.62. The van der Waals surface area contributed by atoms with E-state index in [2.05, 4.69) is 0 Å². The fourth-order valence-corrected chi connectivity index (χ4v) is 2.31. The molecule has 0 heterocycles. The predicted molar refractivity (Wildman–Crippen MR) is 76.1 cm³/mol. The lowest BCUT2D eigenvalue weighted by atomic mass is 10.1. The van der Waals surface area contributed by atoms with E-state index in [1.807, 2.05) is 0 Å². The van der Waals surface area contributed by atoms with E-state index in [1.54, 1.807) is 12.0 Å². The molecule has 0 N–H and O–H groups in total. The van der Waals surface area contributed by atoms with E-state index in [1.165, 1.54) is 12.1 Å². The number of hydrogen-bond acceptors (Lipinski definition) is 2. The highest BCUT2D eigenvalue weighted by Crippen LogP contribution is 2.31. The molecule has 0 saturated heterocycles. The van der Waals surface area contributed by atoms with Crippen molar-refractivity contribution in [2.24, 2.45) is 0 Å². The van der Waals surface area contributed by atoms with Gasteiger partial charge in [-0.25, -0.2) is 0 Å². The molecule has 0 unspecified atom stereocenters. The second-order valence-electron chi connectivity index (χ2n) is 5.54. The Balaban J connectivity index is 1.97. The summed E-state index contributed by atoms with van der Waals surface area (Å²) >= 11 is 0. The Labute approximate surface area is 128 Å². The minimum atomic E-state index is -4.33. The van der Waals surface area contributed by atoms with Crippen LogP contribution >= 0.6 is 0 Å². The van der Waals surface area contributed by atoms with Gasteiger partial charge in [0, 0.05) is 32.7 Å². The number of alkyl halides is 3. The Kier molecular flexibility index (Phi) is 5.45. The Hall–Kier alpha value is -1.56. The van der Waals surface area contributed by atoms with Crippen molar-refractivity contribution in [1.29, 1.82) is 0 Å². The third kappa shape index (κ3) is 4.73. The molecule has 6 heteroatoms. The third-order valence-corrected chi connectivity index (χ3v) is 3.68. The average Bonchev–Trinajstić information content (AvgIpc) is 3.29. The zero-order valence-corrected chi connectivity index (χ0v) is 12.5. The molecule has 0 bridgehead atoms. The van der Waals surface area contributed by atoms with Crippen LogP contribution in [-0.4, -0.2) is 30.6 Å². The van der Waals surface area contributed by atoms with Gasteiger partial charge in [0.2, 0.25) is 5.91 Å². The van der Waals surface area contributed by atoms with Crippen molar-refractivity contribution in [2.45, 2.75) is 44.4 Å². The number of halogens is 3. The van der Waals surface area contributed by atoms with Crippen LogP contribution in [0.4, 0.5) is 13.2 Å². The highest BCUT2D eigenvalue weighted by Gasteiger charge is 2.33. The summed E-state index contributed by atoms with van der Waals surface area (Å²) in [6, 6.07) is 5.25. The normalized spacial score (nSPS) is 14.9. The van der Waals surface area contributed by atoms with Crippen molar-refractivity contribution < 1.29 is 22.7 Å². The molecule has 0 aromatic heterocycles. The Morgan fingerprint density at radius 1 is 1.27 bits per heavy atom. The maximum absolute atomic E-state index is 12.5. The van der Waals surface area contributed by atoms with Gasteiger partial charge in [-0.05, 0) is 37.0 Å². The van der Waals surface area contributed by atoms with E-state index in [4.69, 9.17) is 4.74 Å². The lowest BCUT2D eigenvalue weighted by Crippen LogP contribution is -2.32. The van der Waals surface area contributed by atoms with Crippen molar-refractivity contribution >= 4 is 5.91 Å². The summed E-state index contributed by atoms with van der Waals surface area (Å²) in [7, 11) is 1.59. The van der Waals surface area contributed by atoms with E-state index >= 15 is 0 Å². The van der Waals surface area contributed by atoms with Gasteiger partial charge in [0.15, 0.2) is 0 Å². The summed E-state index contributed by atoms with van der Waals surface area (Å²) in [5.41, 5.74) is 0.0561. The third-order valence-electron chi connectivity index (χ3n) is 3.68. The van der Waals surface area contributed by atoms with Gasteiger partial charge in [-0.1, -0.05) is 12.1 Å². The molecule has 0 atom stereocenters. The standard InChI is InChI=1S/C16H20F3NO2/c1-22-10-2-3-15(21)20(14-8-9-14)11-12-4-6-13(7-5-12)16(17,18)19/h4-7,14H,2-3,8-11H2,1H3. The monoisotopic (exact) mass is 315 g/mol. The number of hydrogen-bond donors (Lipinski definition) is 0. The smallest absolute Gasteiger partial charge is 0.385 e. The average molecular weight is 315 g/mol. The van der Waals surface area contributed by atoms with E-state index in [-0.39, 0.29) is 11.9 Å². The number of rotatable bonds is 7. The van der Waals surface area contributed by atoms with Crippen molar-refractivity contribution in [1.82, 2.24) is 4.90 Å². The van der Waals surface area contributed by atoms with Crippen LogP contribution in [0.3, 0.4) is 0 Å². The maximum atomic E-state index is 12.5. The highest BCUT2D eigenvalue weighted by molar-refractivity contribution is 5.76. The van der Waals surface area contributed by atoms with Gasteiger partial charge >= 0.3 is 6.18 Å². The van der Waals surface area contributed by atoms with E-state index in [9.17, 15) is 18.0 Å². The summed E-state index contributed by atoms with van der Waals surface area (Å²) in [5.74, 6) is 0.0412. The minimum absolute atomic E-state index is 0.0412. The van der Waals surface area contributed by atoms with Gasteiger partial charge in [0.05, 0.1) is 5.56 Å². The van der Waals surface area contributed by atoms with Gasteiger partial charge in [0.1, 0.15) is 0 Å². The van der Waals surface area contributed by atoms with Gasteiger partial charge in [-0.15, -0.1) is 0 Å². The number of carbonyl (C=O) groups is 1. The molecule has 1 aliphatic rings. The van der Waals surface area contributed by atoms with Crippen LogP contribution in [0.1, 0.15) is 36.8 Å². The number of nitrogens with zero attached hydrogens (tertiary/aromatic N) is 1. The van der Waals surface area contributed by atoms with E-state index in [0.29, 0.717) is 26.0 Å².